The van der Waals surface area contributed by atoms with Crippen molar-refractivity contribution in [1.82, 2.24) is 15.1 Å². The minimum Gasteiger partial charge on any atom is -0.342 e. The lowest BCUT2D eigenvalue weighted by Crippen LogP contribution is -2.36. The third-order valence-corrected chi connectivity index (χ3v) is 7.29. The first-order valence-electron chi connectivity index (χ1n) is 9.80. The van der Waals surface area contributed by atoms with Crippen molar-refractivity contribution in [2.75, 3.05) is 17.8 Å². The molecule has 4 rings (SSSR count). The molecule has 0 saturated carbocycles. The first-order valence-corrected chi connectivity index (χ1v) is 12.1. The van der Waals surface area contributed by atoms with E-state index in [9.17, 15) is 13.2 Å². The summed E-state index contributed by atoms with van der Waals surface area (Å²) in [5.74, 6) is 0.0109. The van der Waals surface area contributed by atoms with Crippen LogP contribution in [-0.2, 0) is 21.2 Å². The second-order valence-corrected chi connectivity index (χ2v) is 9.86. The first kappa shape index (κ1) is 20.5. The largest absolute Gasteiger partial charge is 0.342 e. The van der Waals surface area contributed by atoms with Crippen LogP contribution in [0, 0.1) is 0 Å². The van der Waals surface area contributed by atoms with Crippen molar-refractivity contribution >= 4 is 32.4 Å². The number of anilines is 1. The predicted octanol–water partition coefficient (Wildman–Crippen LogP) is 3.56. The number of sulfonamides is 1. The van der Waals surface area contributed by atoms with Gasteiger partial charge in [0.05, 0.1) is 11.3 Å². The second kappa shape index (κ2) is 8.93. The van der Waals surface area contributed by atoms with E-state index in [0.29, 0.717) is 5.01 Å². The summed E-state index contributed by atoms with van der Waals surface area (Å²) < 4.78 is 27.8. The van der Waals surface area contributed by atoms with Gasteiger partial charge in [-0.3, -0.25) is 9.52 Å². The molecule has 0 radical (unpaired) electrons. The highest BCUT2D eigenvalue weighted by Gasteiger charge is 2.20. The van der Waals surface area contributed by atoms with Crippen LogP contribution in [0.2, 0.25) is 0 Å². The normalized spacial score (nSPS) is 14.5. The summed E-state index contributed by atoms with van der Waals surface area (Å²) in [5.41, 5.74) is 1.95. The molecule has 7 nitrogen and oxygen atoms in total. The van der Waals surface area contributed by atoms with Crippen molar-refractivity contribution in [3.8, 4) is 11.1 Å². The number of rotatable bonds is 6. The van der Waals surface area contributed by atoms with Crippen LogP contribution in [-0.4, -0.2) is 42.5 Å². The molecule has 3 aromatic rings. The van der Waals surface area contributed by atoms with E-state index in [4.69, 9.17) is 0 Å². The molecule has 0 spiro atoms. The monoisotopic (exact) mass is 442 g/mol. The number of piperidine rings is 1. The van der Waals surface area contributed by atoms with Crippen LogP contribution in [0.4, 0.5) is 5.13 Å². The Morgan fingerprint density at radius 1 is 0.933 bits per heavy atom. The number of aromatic nitrogens is 2. The van der Waals surface area contributed by atoms with Gasteiger partial charge < -0.3 is 4.90 Å². The SMILES string of the molecule is O=C(Cc1nnc(NS(=O)(=O)c2ccc(-c3ccccc3)cc2)s1)N1CCCCC1. The summed E-state index contributed by atoms with van der Waals surface area (Å²) in [6, 6.07) is 16.4. The number of nitrogens with one attached hydrogen (secondary N) is 1. The van der Waals surface area contributed by atoms with Crippen LogP contribution in [0.1, 0.15) is 24.3 Å². The molecular weight excluding hydrogens is 420 g/mol. The van der Waals surface area contributed by atoms with Crippen molar-refractivity contribution in [3.63, 3.8) is 0 Å². The van der Waals surface area contributed by atoms with Gasteiger partial charge in [-0.2, -0.15) is 0 Å². The Hall–Kier alpha value is -2.78. The van der Waals surface area contributed by atoms with Crippen molar-refractivity contribution < 1.29 is 13.2 Å². The molecule has 1 fully saturated rings. The molecule has 2 aromatic carbocycles. The lowest BCUT2D eigenvalue weighted by Gasteiger charge is -2.26. The van der Waals surface area contributed by atoms with E-state index in [1.807, 2.05) is 35.2 Å². The van der Waals surface area contributed by atoms with Gasteiger partial charge in [-0.05, 0) is 42.5 Å². The number of amides is 1. The molecule has 0 unspecified atom stereocenters. The molecular formula is C21H22N4O3S2. The van der Waals surface area contributed by atoms with Gasteiger partial charge in [0.1, 0.15) is 5.01 Å². The van der Waals surface area contributed by atoms with Gasteiger partial charge in [0.15, 0.2) is 0 Å². The number of carbonyl (C=O) groups is 1. The van der Waals surface area contributed by atoms with Gasteiger partial charge in [-0.25, -0.2) is 8.42 Å². The summed E-state index contributed by atoms with van der Waals surface area (Å²) in [6.07, 6.45) is 3.35. The highest BCUT2D eigenvalue weighted by atomic mass is 32.2. The maximum Gasteiger partial charge on any atom is 0.263 e. The standard InChI is InChI=1S/C21H22N4O3S2/c26-20(25-13-5-2-6-14-25)15-19-22-23-21(29-19)24-30(27,28)18-11-9-17(10-12-18)16-7-3-1-4-8-16/h1,3-4,7-12H,2,5-6,13-15H2,(H,23,24). The molecule has 1 saturated heterocycles. The summed E-state index contributed by atoms with van der Waals surface area (Å²) >= 11 is 1.09. The first-order chi connectivity index (χ1) is 14.5. The summed E-state index contributed by atoms with van der Waals surface area (Å²) in [5, 5.41) is 8.53. The third kappa shape index (κ3) is 4.85. The van der Waals surface area contributed by atoms with E-state index in [-0.39, 0.29) is 22.4 Å². The van der Waals surface area contributed by atoms with E-state index in [1.165, 1.54) is 0 Å². The van der Waals surface area contributed by atoms with Crippen molar-refractivity contribution in [1.29, 1.82) is 0 Å². The number of likely N-dealkylation sites (tertiary alicyclic amines) is 1. The fraction of sp³-hybridized carbons (Fsp3) is 0.286. The molecule has 9 heteroatoms. The highest BCUT2D eigenvalue weighted by Crippen LogP contribution is 2.24. The highest BCUT2D eigenvalue weighted by molar-refractivity contribution is 7.93. The Morgan fingerprint density at radius 3 is 2.30 bits per heavy atom. The van der Waals surface area contributed by atoms with Crippen molar-refractivity contribution in [2.24, 2.45) is 0 Å². The molecule has 0 bridgehead atoms. The lowest BCUT2D eigenvalue weighted by atomic mass is 10.1. The van der Waals surface area contributed by atoms with Crippen LogP contribution < -0.4 is 4.72 Å². The van der Waals surface area contributed by atoms with E-state index in [1.54, 1.807) is 24.3 Å². The fourth-order valence-corrected chi connectivity index (χ4v) is 5.34. The maximum absolute atomic E-state index is 12.7. The lowest BCUT2D eigenvalue weighted by molar-refractivity contribution is -0.131. The van der Waals surface area contributed by atoms with Crippen LogP contribution in [0.5, 0.6) is 0 Å². The van der Waals surface area contributed by atoms with Crippen LogP contribution >= 0.6 is 11.3 Å². The predicted molar refractivity (Wildman–Crippen MR) is 117 cm³/mol. The molecule has 1 N–H and O–H groups in total. The van der Waals surface area contributed by atoms with Gasteiger partial charge in [-0.1, -0.05) is 53.8 Å². The Labute approximate surface area is 179 Å². The van der Waals surface area contributed by atoms with Crippen LogP contribution in [0.15, 0.2) is 59.5 Å². The molecule has 0 atom stereocenters. The van der Waals surface area contributed by atoms with E-state index in [0.717, 1.165) is 54.8 Å². The van der Waals surface area contributed by atoms with E-state index in [2.05, 4.69) is 14.9 Å². The van der Waals surface area contributed by atoms with Gasteiger partial charge in [0.25, 0.3) is 10.0 Å². The number of hydrogen-bond donors (Lipinski definition) is 1. The third-order valence-electron chi connectivity index (χ3n) is 4.97. The molecule has 1 aromatic heterocycles. The Balaban J connectivity index is 1.41. The minimum absolute atomic E-state index is 0.0109. The Morgan fingerprint density at radius 2 is 1.60 bits per heavy atom. The second-order valence-electron chi connectivity index (χ2n) is 7.12. The number of carbonyl (C=O) groups excluding carboxylic acids is 1. The average Bonchev–Trinajstić information content (AvgIpc) is 3.21. The van der Waals surface area contributed by atoms with Gasteiger partial charge >= 0.3 is 0 Å². The van der Waals surface area contributed by atoms with E-state index >= 15 is 0 Å². The molecule has 1 aliphatic rings. The smallest absolute Gasteiger partial charge is 0.263 e. The van der Waals surface area contributed by atoms with Crippen LogP contribution in [0.3, 0.4) is 0 Å². The van der Waals surface area contributed by atoms with Gasteiger partial charge in [0.2, 0.25) is 11.0 Å². The molecule has 1 amide bonds. The molecule has 2 heterocycles. The summed E-state index contributed by atoms with van der Waals surface area (Å²) in [4.78, 5) is 14.3. The topological polar surface area (TPSA) is 92.3 Å². The Bertz CT molecular complexity index is 1110. The summed E-state index contributed by atoms with van der Waals surface area (Å²) in [7, 11) is -3.79. The summed E-state index contributed by atoms with van der Waals surface area (Å²) in [6.45, 7) is 1.55. The molecule has 0 aliphatic carbocycles. The zero-order chi connectivity index (χ0) is 21.0. The van der Waals surface area contributed by atoms with Crippen LogP contribution in [0.25, 0.3) is 11.1 Å². The number of benzene rings is 2. The zero-order valence-electron chi connectivity index (χ0n) is 16.3. The Kier molecular flexibility index (Phi) is 6.10. The molecule has 30 heavy (non-hydrogen) atoms. The number of nitrogens with zero attached hydrogens (tertiary/aromatic N) is 3. The minimum atomic E-state index is -3.79. The van der Waals surface area contributed by atoms with E-state index < -0.39 is 10.0 Å². The van der Waals surface area contributed by atoms with Gasteiger partial charge in [-0.15, -0.1) is 10.2 Å². The number of hydrogen-bond acceptors (Lipinski definition) is 6. The van der Waals surface area contributed by atoms with Crippen molar-refractivity contribution in [2.45, 2.75) is 30.6 Å². The maximum atomic E-state index is 12.7. The quantitative estimate of drug-likeness (QED) is 0.630. The molecule has 1 aliphatic heterocycles. The average molecular weight is 443 g/mol. The molecule has 156 valence electrons. The fourth-order valence-electron chi connectivity index (χ4n) is 3.38. The van der Waals surface area contributed by atoms with Crippen molar-refractivity contribution in [3.05, 3.63) is 59.6 Å². The van der Waals surface area contributed by atoms with Gasteiger partial charge in [0, 0.05) is 13.1 Å². The zero-order valence-corrected chi connectivity index (χ0v) is 18.0.